The molecule has 2 unspecified atom stereocenters. The van der Waals surface area contributed by atoms with Gasteiger partial charge < -0.3 is 15.6 Å². The van der Waals surface area contributed by atoms with Crippen molar-refractivity contribution in [2.75, 3.05) is 13.7 Å². The Balaban J connectivity index is 2.91. The topological polar surface area (TPSA) is 55.5 Å². The number of nitrogens with two attached hydrogens (primary N) is 1. The summed E-state index contributed by atoms with van der Waals surface area (Å²) >= 11 is 3.40. The third kappa shape index (κ3) is 2.97. The number of halogens is 1. The molecule has 0 heterocycles. The number of hydrogen-bond donors (Lipinski definition) is 2. The Morgan fingerprint density at radius 2 is 2.19 bits per heavy atom. The Hall–Kier alpha value is -0.580. The number of ether oxygens (including phenoxy) is 1. The largest absolute Gasteiger partial charge is 0.496 e. The number of aliphatic hydroxyl groups is 1. The summed E-state index contributed by atoms with van der Waals surface area (Å²) in [5.74, 6) is 0.858. The van der Waals surface area contributed by atoms with E-state index in [2.05, 4.69) is 15.9 Å². The van der Waals surface area contributed by atoms with Crippen molar-refractivity contribution in [3.63, 3.8) is 0 Å². The van der Waals surface area contributed by atoms with E-state index < -0.39 is 6.10 Å². The molecule has 2 atom stereocenters. The molecule has 1 aromatic rings. The molecule has 1 rings (SSSR count). The lowest BCUT2D eigenvalue weighted by Gasteiger charge is -2.20. The number of hydrogen-bond acceptors (Lipinski definition) is 3. The van der Waals surface area contributed by atoms with Crippen LogP contribution in [0.3, 0.4) is 0 Å². The van der Waals surface area contributed by atoms with Crippen LogP contribution in [0, 0.1) is 5.92 Å². The lowest BCUT2D eigenvalue weighted by Crippen LogP contribution is -2.21. The third-order valence-corrected chi connectivity index (χ3v) is 3.41. The Morgan fingerprint density at radius 3 is 2.62 bits per heavy atom. The summed E-state index contributed by atoms with van der Waals surface area (Å²) in [4.78, 5) is 0. The molecule has 0 aliphatic carbocycles. The molecule has 0 saturated carbocycles. The molecule has 16 heavy (non-hydrogen) atoms. The van der Waals surface area contributed by atoms with Crippen molar-refractivity contribution in [1.29, 1.82) is 0 Å². The lowest BCUT2D eigenvalue weighted by molar-refractivity contribution is 0.110. The molecule has 3 nitrogen and oxygen atoms in total. The Kier molecular flexibility index (Phi) is 5.25. The highest BCUT2D eigenvalue weighted by molar-refractivity contribution is 9.10. The van der Waals surface area contributed by atoms with E-state index in [9.17, 15) is 5.11 Å². The van der Waals surface area contributed by atoms with Gasteiger partial charge in [-0.2, -0.15) is 0 Å². The van der Waals surface area contributed by atoms with Crippen molar-refractivity contribution in [2.45, 2.75) is 19.4 Å². The van der Waals surface area contributed by atoms with E-state index in [0.29, 0.717) is 6.54 Å². The first kappa shape index (κ1) is 13.5. The molecule has 0 saturated heterocycles. The van der Waals surface area contributed by atoms with Crippen molar-refractivity contribution in [1.82, 2.24) is 0 Å². The Bertz CT molecular complexity index is 340. The first-order valence-corrected chi connectivity index (χ1v) is 6.14. The normalized spacial score (nSPS) is 14.6. The van der Waals surface area contributed by atoms with Gasteiger partial charge in [-0.1, -0.05) is 13.0 Å². The van der Waals surface area contributed by atoms with Crippen LogP contribution in [0.1, 0.15) is 25.0 Å². The predicted molar refractivity (Wildman–Crippen MR) is 68.5 cm³/mol. The van der Waals surface area contributed by atoms with Crippen molar-refractivity contribution in [3.05, 3.63) is 28.2 Å². The first-order valence-electron chi connectivity index (χ1n) is 5.35. The smallest absolute Gasteiger partial charge is 0.133 e. The zero-order valence-electron chi connectivity index (χ0n) is 9.61. The standard InChI is InChI=1S/C12H18BrNO2/c1-3-8(7-14)12(15)9-4-5-11(16-2)10(13)6-9/h4-6,8,12,15H,3,7,14H2,1-2H3. The van der Waals surface area contributed by atoms with Gasteiger partial charge in [-0.15, -0.1) is 0 Å². The van der Waals surface area contributed by atoms with Crippen molar-refractivity contribution in [3.8, 4) is 5.75 Å². The van der Waals surface area contributed by atoms with E-state index in [4.69, 9.17) is 10.5 Å². The Labute approximate surface area is 105 Å². The molecule has 1 aromatic carbocycles. The summed E-state index contributed by atoms with van der Waals surface area (Å²) in [6.07, 6.45) is 0.346. The van der Waals surface area contributed by atoms with Crippen molar-refractivity contribution in [2.24, 2.45) is 11.7 Å². The summed E-state index contributed by atoms with van der Waals surface area (Å²) < 4.78 is 5.99. The van der Waals surface area contributed by atoms with Gasteiger partial charge in [0.1, 0.15) is 5.75 Å². The van der Waals surface area contributed by atoms with Gasteiger partial charge in [0.25, 0.3) is 0 Å². The van der Waals surface area contributed by atoms with Gasteiger partial charge in [-0.3, -0.25) is 0 Å². The minimum atomic E-state index is -0.516. The molecule has 0 fully saturated rings. The maximum absolute atomic E-state index is 10.1. The summed E-state index contributed by atoms with van der Waals surface area (Å²) in [5, 5.41) is 10.1. The molecule has 0 bridgehead atoms. The van der Waals surface area contributed by atoms with Crippen LogP contribution in [0.25, 0.3) is 0 Å². The van der Waals surface area contributed by atoms with Gasteiger partial charge in [0, 0.05) is 5.92 Å². The molecule has 0 aromatic heterocycles. The molecular formula is C12H18BrNO2. The number of methoxy groups -OCH3 is 1. The van der Waals surface area contributed by atoms with E-state index >= 15 is 0 Å². The fourth-order valence-electron chi connectivity index (χ4n) is 1.66. The Morgan fingerprint density at radius 1 is 1.50 bits per heavy atom. The third-order valence-electron chi connectivity index (χ3n) is 2.79. The van der Waals surface area contributed by atoms with E-state index in [1.807, 2.05) is 25.1 Å². The molecule has 0 aliphatic heterocycles. The second kappa shape index (κ2) is 6.23. The fourth-order valence-corrected chi connectivity index (χ4v) is 2.22. The maximum atomic E-state index is 10.1. The van der Waals surface area contributed by atoms with Crippen molar-refractivity contribution < 1.29 is 9.84 Å². The zero-order chi connectivity index (χ0) is 12.1. The number of aliphatic hydroxyl groups excluding tert-OH is 1. The highest BCUT2D eigenvalue weighted by atomic mass is 79.9. The van der Waals surface area contributed by atoms with Gasteiger partial charge in [0.05, 0.1) is 17.7 Å². The van der Waals surface area contributed by atoms with Gasteiger partial charge in [0.15, 0.2) is 0 Å². The molecule has 4 heteroatoms. The second-order valence-corrected chi connectivity index (χ2v) is 4.60. The molecule has 90 valence electrons. The average Bonchev–Trinajstić information content (AvgIpc) is 2.30. The van der Waals surface area contributed by atoms with Crippen LogP contribution >= 0.6 is 15.9 Å². The van der Waals surface area contributed by atoms with Crippen LogP contribution in [0.4, 0.5) is 0 Å². The van der Waals surface area contributed by atoms with E-state index in [1.54, 1.807) is 7.11 Å². The van der Waals surface area contributed by atoms with E-state index in [-0.39, 0.29) is 5.92 Å². The van der Waals surface area contributed by atoms with Gasteiger partial charge >= 0.3 is 0 Å². The fraction of sp³-hybridized carbons (Fsp3) is 0.500. The van der Waals surface area contributed by atoms with Crippen LogP contribution in [-0.2, 0) is 0 Å². The molecular weight excluding hydrogens is 270 g/mol. The van der Waals surface area contributed by atoms with E-state index in [0.717, 1.165) is 22.2 Å². The van der Waals surface area contributed by atoms with Crippen molar-refractivity contribution >= 4 is 15.9 Å². The molecule has 0 spiro atoms. The minimum absolute atomic E-state index is 0.0975. The number of benzene rings is 1. The van der Waals surface area contributed by atoms with Crippen LogP contribution in [0.2, 0.25) is 0 Å². The minimum Gasteiger partial charge on any atom is -0.496 e. The van der Waals surface area contributed by atoms with Crippen LogP contribution in [0.15, 0.2) is 22.7 Å². The SMILES string of the molecule is CCC(CN)C(O)c1ccc(OC)c(Br)c1. The second-order valence-electron chi connectivity index (χ2n) is 3.74. The molecule has 0 radical (unpaired) electrons. The zero-order valence-corrected chi connectivity index (χ0v) is 11.2. The van der Waals surface area contributed by atoms with Gasteiger partial charge in [-0.05, 0) is 46.6 Å². The summed E-state index contributed by atoms with van der Waals surface area (Å²) in [5.41, 5.74) is 6.48. The van der Waals surface area contributed by atoms with Crippen LogP contribution in [0.5, 0.6) is 5.75 Å². The van der Waals surface area contributed by atoms with Crippen LogP contribution in [-0.4, -0.2) is 18.8 Å². The first-order chi connectivity index (χ1) is 7.63. The number of rotatable bonds is 5. The predicted octanol–water partition coefficient (Wildman–Crippen LogP) is 2.48. The summed E-state index contributed by atoms with van der Waals surface area (Å²) in [6.45, 7) is 2.51. The lowest BCUT2D eigenvalue weighted by atomic mass is 9.93. The van der Waals surface area contributed by atoms with Gasteiger partial charge in [-0.25, -0.2) is 0 Å². The van der Waals surface area contributed by atoms with Crippen LogP contribution < -0.4 is 10.5 Å². The van der Waals surface area contributed by atoms with Gasteiger partial charge in [0.2, 0.25) is 0 Å². The summed E-state index contributed by atoms with van der Waals surface area (Å²) in [6, 6.07) is 5.58. The van der Waals surface area contributed by atoms with E-state index in [1.165, 1.54) is 0 Å². The summed E-state index contributed by atoms with van der Waals surface area (Å²) in [7, 11) is 1.62. The quantitative estimate of drug-likeness (QED) is 0.875. The molecule has 3 N–H and O–H groups in total. The average molecular weight is 288 g/mol. The highest BCUT2D eigenvalue weighted by Crippen LogP contribution is 2.31. The highest BCUT2D eigenvalue weighted by Gasteiger charge is 2.18. The molecule has 0 amide bonds. The maximum Gasteiger partial charge on any atom is 0.133 e. The monoisotopic (exact) mass is 287 g/mol. The molecule has 0 aliphatic rings.